The van der Waals surface area contributed by atoms with Gasteiger partial charge >= 0.3 is 0 Å². The molecule has 128 valence electrons. The quantitative estimate of drug-likeness (QED) is 0.810. The van der Waals surface area contributed by atoms with Crippen LogP contribution in [0.15, 0.2) is 30.3 Å². The first-order chi connectivity index (χ1) is 11.3. The number of ether oxygens (including phenoxy) is 1. The fraction of sp³-hybridized carbons (Fsp3) is 0.333. The van der Waals surface area contributed by atoms with Gasteiger partial charge in [0.05, 0.1) is 12.1 Å². The van der Waals surface area contributed by atoms with Crippen molar-refractivity contribution in [1.82, 2.24) is 10.3 Å². The van der Waals surface area contributed by atoms with E-state index in [9.17, 15) is 9.18 Å². The molecule has 2 aromatic rings. The zero-order chi connectivity index (χ0) is 17.9. The number of benzene rings is 1. The molecule has 1 aromatic heterocycles. The summed E-state index contributed by atoms with van der Waals surface area (Å²) in [6.07, 6.45) is -0.107. The van der Waals surface area contributed by atoms with E-state index in [1.807, 2.05) is 20.8 Å². The third-order valence-electron chi connectivity index (χ3n) is 3.37. The van der Waals surface area contributed by atoms with Crippen molar-refractivity contribution in [2.75, 3.05) is 0 Å². The molecule has 4 nitrogen and oxygen atoms in total. The topological polar surface area (TPSA) is 51.2 Å². The maximum atomic E-state index is 13.0. The minimum Gasteiger partial charge on any atom is -0.490 e. The maximum absolute atomic E-state index is 13.0. The Bertz CT molecular complexity index is 733. The highest BCUT2D eigenvalue weighted by Crippen LogP contribution is 2.28. The molecule has 6 heteroatoms. The van der Waals surface area contributed by atoms with E-state index in [2.05, 4.69) is 10.3 Å². The van der Waals surface area contributed by atoms with Gasteiger partial charge in [0, 0.05) is 11.8 Å². The number of halogens is 2. The SMILES string of the molecule is Cc1cc(OC(C)C)c(C(=O)N[C@@H](C)c2ccc(F)cc2)c(Cl)n1. The van der Waals surface area contributed by atoms with Gasteiger partial charge in [0.2, 0.25) is 0 Å². The molecule has 0 spiro atoms. The molecule has 0 bridgehead atoms. The summed E-state index contributed by atoms with van der Waals surface area (Å²) in [4.78, 5) is 16.8. The number of hydrogen-bond acceptors (Lipinski definition) is 3. The second-order valence-electron chi connectivity index (χ2n) is 5.84. The van der Waals surface area contributed by atoms with Crippen molar-refractivity contribution in [3.05, 3.63) is 58.1 Å². The molecule has 0 saturated carbocycles. The Balaban J connectivity index is 2.27. The number of carbonyl (C=O) groups is 1. The lowest BCUT2D eigenvalue weighted by molar-refractivity contribution is 0.0933. The lowest BCUT2D eigenvalue weighted by atomic mass is 10.1. The molecule has 1 aromatic carbocycles. The molecule has 1 amide bonds. The van der Waals surface area contributed by atoms with E-state index in [4.69, 9.17) is 16.3 Å². The van der Waals surface area contributed by atoms with Crippen LogP contribution in [0.1, 0.15) is 48.4 Å². The van der Waals surface area contributed by atoms with Gasteiger partial charge in [-0.05, 0) is 45.4 Å². The minimum absolute atomic E-state index is 0.0921. The van der Waals surface area contributed by atoms with Gasteiger partial charge in [0.25, 0.3) is 5.91 Å². The average Bonchev–Trinajstić information content (AvgIpc) is 2.46. The maximum Gasteiger partial charge on any atom is 0.258 e. The van der Waals surface area contributed by atoms with Crippen molar-refractivity contribution < 1.29 is 13.9 Å². The van der Waals surface area contributed by atoms with Gasteiger partial charge in [-0.2, -0.15) is 0 Å². The molecule has 0 aliphatic carbocycles. The van der Waals surface area contributed by atoms with E-state index in [1.54, 1.807) is 25.1 Å². The van der Waals surface area contributed by atoms with Gasteiger partial charge in [-0.25, -0.2) is 9.37 Å². The van der Waals surface area contributed by atoms with Crippen LogP contribution in [0, 0.1) is 12.7 Å². The summed E-state index contributed by atoms with van der Waals surface area (Å²) in [5.41, 5.74) is 1.65. The second kappa shape index (κ2) is 7.62. The fourth-order valence-electron chi connectivity index (χ4n) is 2.26. The van der Waals surface area contributed by atoms with Crippen LogP contribution in [0.2, 0.25) is 5.15 Å². The molecule has 1 atom stereocenters. The predicted octanol–water partition coefficient (Wildman–Crippen LogP) is 4.46. The second-order valence-corrected chi connectivity index (χ2v) is 6.20. The first kappa shape index (κ1) is 18.2. The van der Waals surface area contributed by atoms with Crippen molar-refractivity contribution in [3.63, 3.8) is 0 Å². The van der Waals surface area contributed by atoms with Crippen molar-refractivity contribution in [2.45, 2.75) is 39.8 Å². The highest BCUT2D eigenvalue weighted by atomic mass is 35.5. The molecule has 0 unspecified atom stereocenters. The van der Waals surface area contributed by atoms with Gasteiger partial charge in [0.1, 0.15) is 22.3 Å². The normalized spacial score (nSPS) is 12.1. The molecular formula is C18H20ClFN2O2. The summed E-state index contributed by atoms with van der Waals surface area (Å²) >= 11 is 6.16. The Morgan fingerprint density at radius 3 is 2.46 bits per heavy atom. The standard InChI is InChI=1S/C18H20ClFN2O2/c1-10(2)24-15-9-11(3)21-17(19)16(15)18(23)22-12(4)13-5-7-14(20)8-6-13/h5-10,12H,1-4H3,(H,22,23)/t12-/m0/s1. The number of rotatable bonds is 5. The summed E-state index contributed by atoms with van der Waals surface area (Å²) in [5.74, 6) is -0.318. The summed E-state index contributed by atoms with van der Waals surface area (Å²) in [6.45, 7) is 7.32. The molecule has 0 aliphatic rings. The van der Waals surface area contributed by atoms with Gasteiger partial charge in [0.15, 0.2) is 0 Å². The van der Waals surface area contributed by atoms with Gasteiger partial charge in [-0.15, -0.1) is 0 Å². The molecular weight excluding hydrogens is 331 g/mol. The Kier molecular flexibility index (Phi) is 5.78. The monoisotopic (exact) mass is 350 g/mol. The van der Waals surface area contributed by atoms with Crippen LogP contribution in [0.5, 0.6) is 5.75 Å². The van der Waals surface area contributed by atoms with Crippen molar-refractivity contribution in [1.29, 1.82) is 0 Å². The van der Waals surface area contributed by atoms with E-state index in [0.29, 0.717) is 11.4 Å². The van der Waals surface area contributed by atoms with Crippen LogP contribution in [0.3, 0.4) is 0 Å². The number of aryl methyl sites for hydroxylation is 1. The van der Waals surface area contributed by atoms with Crippen LogP contribution >= 0.6 is 11.6 Å². The van der Waals surface area contributed by atoms with Crippen molar-refractivity contribution >= 4 is 17.5 Å². The Hall–Kier alpha value is -2.14. The highest BCUT2D eigenvalue weighted by molar-refractivity contribution is 6.33. The van der Waals surface area contributed by atoms with Crippen molar-refractivity contribution in [2.24, 2.45) is 0 Å². The van der Waals surface area contributed by atoms with Crippen molar-refractivity contribution in [3.8, 4) is 5.75 Å². The molecule has 1 N–H and O–H groups in total. The first-order valence-corrected chi connectivity index (χ1v) is 8.06. The lowest BCUT2D eigenvalue weighted by Gasteiger charge is -2.18. The van der Waals surface area contributed by atoms with Gasteiger partial charge < -0.3 is 10.1 Å². The van der Waals surface area contributed by atoms with Crippen LogP contribution in [-0.4, -0.2) is 17.0 Å². The summed E-state index contributed by atoms with van der Waals surface area (Å²) in [7, 11) is 0. The lowest BCUT2D eigenvalue weighted by Crippen LogP contribution is -2.28. The van der Waals surface area contributed by atoms with Crippen LogP contribution in [0.4, 0.5) is 4.39 Å². The zero-order valence-corrected chi connectivity index (χ0v) is 14.8. The van der Waals surface area contributed by atoms with Gasteiger partial charge in [-0.3, -0.25) is 4.79 Å². The zero-order valence-electron chi connectivity index (χ0n) is 14.1. The van der Waals surface area contributed by atoms with E-state index < -0.39 is 0 Å². The number of carbonyl (C=O) groups excluding carboxylic acids is 1. The average molecular weight is 351 g/mol. The number of pyridine rings is 1. The molecule has 0 aliphatic heterocycles. The largest absolute Gasteiger partial charge is 0.490 e. The third-order valence-corrected chi connectivity index (χ3v) is 3.65. The molecule has 1 heterocycles. The molecule has 0 fully saturated rings. The van der Waals surface area contributed by atoms with Gasteiger partial charge in [-0.1, -0.05) is 23.7 Å². The summed E-state index contributed by atoms with van der Waals surface area (Å²) in [6, 6.07) is 7.32. The van der Waals surface area contributed by atoms with E-state index in [0.717, 1.165) is 5.56 Å². The first-order valence-electron chi connectivity index (χ1n) is 7.68. The number of aromatic nitrogens is 1. The minimum atomic E-state index is -0.389. The van der Waals surface area contributed by atoms with E-state index in [-0.39, 0.29) is 34.6 Å². The molecule has 24 heavy (non-hydrogen) atoms. The number of nitrogens with one attached hydrogen (secondary N) is 1. The summed E-state index contributed by atoms with van der Waals surface area (Å²) < 4.78 is 18.7. The highest BCUT2D eigenvalue weighted by Gasteiger charge is 2.21. The Morgan fingerprint density at radius 2 is 1.88 bits per heavy atom. The number of hydrogen-bond donors (Lipinski definition) is 1. The Labute approximate surface area is 146 Å². The van der Waals surface area contributed by atoms with E-state index >= 15 is 0 Å². The fourth-order valence-corrected chi connectivity index (χ4v) is 2.57. The summed E-state index contributed by atoms with van der Waals surface area (Å²) in [5, 5.41) is 2.93. The number of nitrogens with zero attached hydrogens (tertiary/aromatic N) is 1. The Morgan fingerprint density at radius 1 is 1.25 bits per heavy atom. The molecule has 0 saturated heterocycles. The third kappa shape index (κ3) is 4.45. The smallest absolute Gasteiger partial charge is 0.258 e. The molecule has 2 rings (SSSR count). The van der Waals surface area contributed by atoms with Crippen LogP contribution < -0.4 is 10.1 Å². The van der Waals surface area contributed by atoms with Crippen LogP contribution in [-0.2, 0) is 0 Å². The van der Waals surface area contributed by atoms with Crippen LogP contribution in [0.25, 0.3) is 0 Å². The number of amides is 1. The van der Waals surface area contributed by atoms with E-state index in [1.165, 1.54) is 12.1 Å². The predicted molar refractivity (Wildman–Crippen MR) is 92.0 cm³/mol. The molecule has 0 radical (unpaired) electrons.